The number of methoxy groups -OCH3 is 3. The van der Waals surface area contributed by atoms with E-state index in [2.05, 4.69) is 0 Å². The number of nitrogens with two attached hydrogens (primary N) is 1. The first-order chi connectivity index (χ1) is 26.7. The number of carbonyl (C=O) groups is 2. The second-order valence-electron chi connectivity index (χ2n) is 13.1. The molecule has 0 spiro atoms. The summed E-state index contributed by atoms with van der Waals surface area (Å²) in [4.78, 5) is 27.9. The predicted molar refractivity (Wildman–Crippen MR) is 171 cm³/mol. The first kappa shape index (κ1) is 50.5. The van der Waals surface area contributed by atoms with Crippen molar-refractivity contribution in [1.29, 1.82) is 0 Å². The molecule has 0 aromatic heterocycles. The fourth-order valence-electron chi connectivity index (χ4n) is 5.31. The quantitative estimate of drug-likeness (QED) is 0.0612. The van der Waals surface area contributed by atoms with Gasteiger partial charge < -0.3 is 29.6 Å². The van der Waals surface area contributed by atoms with Crippen LogP contribution in [0, 0.1) is 5.92 Å². The van der Waals surface area contributed by atoms with Crippen molar-refractivity contribution in [2.24, 2.45) is 5.92 Å². The number of amides is 1. The number of halogens is 17. The highest BCUT2D eigenvalue weighted by Crippen LogP contribution is 2.64. The minimum atomic E-state index is -8.72. The van der Waals surface area contributed by atoms with Gasteiger partial charge in [-0.05, 0) is 30.9 Å². The Hall–Kier alpha value is -4.61. The number of anilines is 1. The molecule has 2 aromatic carbocycles. The Labute approximate surface area is 323 Å². The molecule has 0 radical (unpaired) electrons. The minimum absolute atomic E-state index is 0.00701. The van der Waals surface area contributed by atoms with Crippen molar-refractivity contribution in [2.45, 2.75) is 93.3 Å². The predicted octanol–water partition coefficient (Wildman–Crippen LogP) is 9.68. The van der Waals surface area contributed by atoms with Gasteiger partial charge in [0.2, 0.25) is 0 Å². The lowest BCUT2D eigenvalue weighted by Crippen LogP contribution is -2.74. The van der Waals surface area contributed by atoms with Crippen LogP contribution < -0.4 is 19.9 Å². The minimum Gasteiger partial charge on any atom is -0.496 e. The third-order valence-electron chi connectivity index (χ3n) is 8.60. The van der Waals surface area contributed by atoms with Crippen LogP contribution in [-0.2, 0) is 16.1 Å². The van der Waals surface area contributed by atoms with Gasteiger partial charge in [0.05, 0.1) is 45.6 Å². The second-order valence-corrected chi connectivity index (χ2v) is 13.1. The summed E-state index contributed by atoms with van der Waals surface area (Å²) in [6.45, 7) is 1.73. The third-order valence-corrected chi connectivity index (χ3v) is 8.60. The van der Waals surface area contributed by atoms with E-state index in [-0.39, 0.29) is 40.7 Å². The van der Waals surface area contributed by atoms with Gasteiger partial charge in [-0.25, -0.2) is 4.79 Å². The lowest BCUT2D eigenvalue weighted by molar-refractivity contribution is -0.461. The monoisotopic (exact) mass is 890 g/mol. The Kier molecular flexibility index (Phi) is 15.0. The van der Waals surface area contributed by atoms with Crippen LogP contribution >= 0.6 is 0 Å². The smallest absolute Gasteiger partial charge is 0.460 e. The number of benzene rings is 2. The summed E-state index contributed by atoms with van der Waals surface area (Å²) >= 11 is 0. The molecule has 25 heteroatoms. The number of rotatable bonds is 20. The molecule has 0 aliphatic rings. The largest absolute Gasteiger partial charge is 0.496 e. The number of alkyl halides is 17. The summed E-state index contributed by atoms with van der Waals surface area (Å²) in [6.07, 6.45) is -12.0. The highest BCUT2D eigenvalue weighted by Gasteiger charge is 2.95. The molecular formula is C34H35F17N2O6. The van der Waals surface area contributed by atoms with Crippen molar-refractivity contribution in [3.8, 4) is 17.2 Å². The number of para-hydroxylation sites is 1. The van der Waals surface area contributed by atoms with E-state index in [0.717, 1.165) is 38.4 Å². The van der Waals surface area contributed by atoms with E-state index < -0.39 is 97.3 Å². The molecule has 0 unspecified atom stereocenters. The Morgan fingerprint density at radius 3 is 1.58 bits per heavy atom. The van der Waals surface area contributed by atoms with Crippen LogP contribution in [0.2, 0.25) is 0 Å². The molecule has 0 aliphatic heterocycles. The van der Waals surface area contributed by atoms with E-state index in [1.807, 2.05) is 0 Å². The second kappa shape index (κ2) is 17.5. The van der Waals surface area contributed by atoms with Crippen molar-refractivity contribution in [3.63, 3.8) is 0 Å². The molecule has 1 amide bonds. The molecule has 336 valence electrons. The first-order valence-electron chi connectivity index (χ1n) is 16.5. The van der Waals surface area contributed by atoms with Gasteiger partial charge in [0, 0.05) is 24.2 Å². The highest BCUT2D eigenvalue weighted by atomic mass is 19.4. The molecule has 8 nitrogen and oxygen atoms in total. The van der Waals surface area contributed by atoms with Crippen LogP contribution in [0.1, 0.15) is 49.0 Å². The van der Waals surface area contributed by atoms with Crippen molar-refractivity contribution < 1.29 is 103 Å². The summed E-state index contributed by atoms with van der Waals surface area (Å²) in [5, 5.41) is 0. The Balaban J connectivity index is 2.44. The van der Waals surface area contributed by atoms with Crippen molar-refractivity contribution in [2.75, 3.05) is 33.7 Å². The summed E-state index contributed by atoms with van der Waals surface area (Å²) < 4.78 is 252. The van der Waals surface area contributed by atoms with Gasteiger partial charge in [-0.1, -0.05) is 26.0 Å². The maximum Gasteiger partial charge on any atom is 0.460 e. The van der Waals surface area contributed by atoms with Gasteiger partial charge in [-0.15, -0.1) is 0 Å². The van der Waals surface area contributed by atoms with E-state index in [4.69, 9.17) is 24.7 Å². The first-order valence-corrected chi connectivity index (χ1v) is 16.5. The summed E-state index contributed by atoms with van der Waals surface area (Å²) in [6, 6.07) is 6.47. The molecule has 2 aromatic rings. The molecule has 2 N–H and O–H groups in total. The van der Waals surface area contributed by atoms with Gasteiger partial charge in [0.15, 0.2) is 0 Å². The average molecular weight is 891 g/mol. The van der Waals surface area contributed by atoms with E-state index in [9.17, 15) is 84.2 Å². The highest BCUT2D eigenvalue weighted by molar-refractivity contribution is 6.01. The maximum absolute atomic E-state index is 14.4. The Morgan fingerprint density at radius 1 is 0.695 bits per heavy atom. The summed E-state index contributed by atoms with van der Waals surface area (Å²) in [7, 11) is 3.20. The normalized spacial score (nSPS) is 14.2. The molecule has 0 saturated carbocycles. The van der Waals surface area contributed by atoms with Crippen LogP contribution in [0.5, 0.6) is 17.2 Å². The molecule has 0 heterocycles. The van der Waals surface area contributed by atoms with E-state index in [1.165, 1.54) is 24.3 Å². The van der Waals surface area contributed by atoms with Crippen LogP contribution in [-0.4, -0.2) is 98.4 Å². The number of hydrogen-bond acceptors (Lipinski definition) is 7. The zero-order valence-corrected chi connectivity index (χ0v) is 31.1. The topological polar surface area (TPSA) is 100 Å². The number of ether oxygens (including phenoxy) is 4. The molecule has 0 aliphatic carbocycles. The van der Waals surface area contributed by atoms with Gasteiger partial charge in [0.1, 0.15) is 23.3 Å². The molecule has 0 bridgehead atoms. The average Bonchev–Trinajstić information content (AvgIpc) is 3.13. The van der Waals surface area contributed by atoms with Crippen LogP contribution in [0.3, 0.4) is 0 Å². The number of hydrogen-bond donors (Lipinski definition) is 1. The fraction of sp³-hybridized carbons (Fsp3) is 0.588. The van der Waals surface area contributed by atoms with Gasteiger partial charge in [-0.2, -0.15) is 74.6 Å². The molecule has 59 heavy (non-hydrogen) atoms. The summed E-state index contributed by atoms with van der Waals surface area (Å²) in [5.41, 5.74) is 5.98. The number of nitrogens with zero attached hydrogens (tertiary/aromatic N) is 1. The molecule has 0 saturated heterocycles. The van der Waals surface area contributed by atoms with Crippen LogP contribution in [0.15, 0.2) is 36.4 Å². The lowest BCUT2D eigenvalue weighted by Gasteiger charge is -2.42. The zero-order chi connectivity index (χ0) is 46.0. The Bertz CT molecular complexity index is 1760. The maximum atomic E-state index is 14.4. The molecule has 1 atom stereocenters. The number of carbonyl (C=O) groups excluding carboxylic acids is 2. The third kappa shape index (κ3) is 9.26. The van der Waals surface area contributed by atoms with Crippen molar-refractivity contribution in [3.05, 3.63) is 47.5 Å². The standard InChI is InChI=1S/C34H35F17N2O6/c1-17(2)13-22(26(55)58-5)53(25(54)19-9-6-7-10-21(19)52)16-20-23(56-3)14-18(15-24(20)57-4)59-12-8-11-27(35,36)28(37,38)29(39,40)30(41,42)31(43,44)32(45,46)33(47,48)34(49,50)51/h6-7,9-10,14-15,17,22H,8,11-13,16,52H2,1-5H3/t22-/m0/s1. The fourth-order valence-corrected chi connectivity index (χ4v) is 5.31. The lowest BCUT2D eigenvalue weighted by atomic mass is 9.88. The molecular weight excluding hydrogens is 855 g/mol. The van der Waals surface area contributed by atoms with Crippen LogP contribution in [0.4, 0.5) is 80.3 Å². The van der Waals surface area contributed by atoms with E-state index in [0.29, 0.717) is 0 Å². The van der Waals surface area contributed by atoms with Gasteiger partial charge in [-0.3, -0.25) is 4.79 Å². The number of esters is 1. The van der Waals surface area contributed by atoms with E-state index in [1.54, 1.807) is 13.8 Å². The summed E-state index contributed by atoms with van der Waals surface area (Å²) in [5.74, 6) is -59.7. The van der Waals surface area contributed by atoms with Gasteiger partial charge >= 0.3 is 53.6 Å². The van der Waals surface area contributed by atoms with Crippen molar-refractivity contribution in [1.82, 2.24) is 4.90 Å². The van der Waals surface area contributed by atoms with E-state index >= 15 is 0 Å². The SMILES string of the molecule is COC(=O)[C@H](CC(C)C)N(Cc1c(OC)cc(OCCCC(F)(F)C(F)(F)C(F)(F)C(F)(F)C(F)(F)C(F)(F)C(F)(F)C(F)(F)F)cc1OC)C(=O)c1ccccc1N. The zero-order valence-electron chi connectivity index (χ0n) is 31.1. The molecule has 0 fully saturated rings. The van der Waals surface area contributed by atoms with Gasteiger partial charge in [0.25, 0.3) is 5.91 Å². The van der Waals surface area contributed by atoms with Crippen molar-refractivity contribution >= 4 is 17.6 Å². The van der Waals surface area contributed by atoms with Crippen LogP contribution in [0.25, 0.3) is 0 Å². The number of nitrogen functional groups attached to an aromatic ring is 1. The molecule has 2 rings (SSSR count). The Morgan fingerprint density at radius 2 is 1.15 bits per heavy atom.